The molecule has 1 fully saturated rings. The third-order valence-electron chi connectivity index (χ3n) is 2.30. The molecule has 104 valence electrons. The zero-order chi connectivity index (χ0) is 13.7. The van der Waals surface area contributed by atoms with E-state index in [2.05, 4.69) is 20.8 Å². The van der Waals surface area contributed by atoms with Gasteiger partial charge in [0.05, 0.1) is 5.75 Å². The van der Waals surface area contributed by atoms with E-state index in [1.165, 1.54) is 11.3 Å². The van der Waals surface area contributed by atoms with Crippen molar-refractivity contribution in [3.8, 4) is 0 Å². The van der Waals surface area contributed by atoms with Crippen molar-refractivity contribution >= 4 is 40.1 Å². The zero-order valence-corrected chi connectivity index (χ0v) is 11.7. The molecule has 0 atom stereocenters. The van der Waals surface area contributed by atoms with Crippen LogP contribution in [0.5, 0.6) is 0 Å². The average molecular weight is 302 g/mol. The molecule has 0 spiro atoms. The predicted molar refractivity (Wildman–Crippen MR) is 72.5 cm³/mol. The Morgan fingerprint density at radius 1 is 1.42 bits per heavy atom. The van der Waals surface area contributed by atoms with Crippen LogP contribution < -0.4 is 10.6 Å². The number of carboxylic acids is 1. The van der Waals surface area contributed by atoms with Crippen LogP contribution in [0.2, 0.25) is 0 Å². The first-order valence-electron chi connectivity index (χ1n) is 5.85. The smallest absolute Gasteiger partial charge is 0.313 e. The van der Waals surface area contributed by atoms with E-state index in [1.807, 2.05) is 0 Å². The van der Waals surface area contributed by atoms with Crippen LogP contribution in [0.3, 0.4) is 0 Å². The first-order chi connectivity index (χ1) is 9.13. The summed E-state index contributed by atoms with van der Waals surface area (Å²) >= 11 is 2.42. The lowest BCUT2D eigenvalue weighted by Gasteiger charge is -2.03. The topological polar surface area (TPSA) is 104 Å². The normalized spacial score (nSPS) is 14.1. The Hall–Kier alpha value is -1.35. The lowest BCUT2D eigenvalue weighted by Crippen LogP contribution is -2.27. The van der Waals surface area contributed by atoms with E-state index in [1.54, 1.807) is 0 Å². The van der Waals surface area contributed by atoms with Gasteiger partial charge < -0.3 is 15.7 Å². The fourth-order valence-corrected chi connectivity index (χ4v) is 2.77. The van der Waals surface area contributed by atoms with Crippen LogP contribution in [-0.2, 0) is 9.59 Å². The Morgan fingerprint density at radius 2 is 2.21 bits per heavy atom. The molecule has 0 aliphatic heterocycles. The van der Waals surface area contributed by atoms with Crippen LogP contribution in [0.15, 0.2) is 4.34 Å². The fourth-order valence-electron chi connectivity index (χ4n) is 1.27. The van der Waals surface area contributed by atoms with Gasteiger partial charge in [-0.15, -0.1) is 10.2 Å². The van der Waals surface area contributed by atoms with Crippen LogP contribution in [0.1, 0.15) is 19.3 Å². The number of rotatable bonds is 8. The molecule has 1 aromatic rings. The van der Waals surface area contributed by atoms with E-state index in [9.17, 15) is 9.59 Å². The van der Waals surface area contributed by atoms with Crippen LogP contribution >= 0.6 is 23.1 Å². The Kier molecular flexibility index (Phi) is 4.97. The maximum Gasteiger partial charge on any atom is 0.313 e. The molecule has 2 rings (SSSR count). The van der Waals surface area contributed by atoms with Gasteiger partial charge in [0.2, 0.25) is 11.0 Å². The van der Waals surface area contributed by atoms with Gasteiger partial charge in [-0.05, 0) is 12.8 Å². The number of nitrogens with zero attached hydrogens (tertiary/aromatic N) is 2. The van der Waals surface area contributed by atoms with E-state index in [-0.39, 0.29) is 11.7 Å². The number of nitrogens with one attached hydrogen (secondary N) is 2. The summed E-state index contributed by atoms with van der Waals surface area (Å²) in [6.45, 7) is 0.497. The van der Waals surface area contributed by atoms with Gasteiger partial charge in [0.15, 0.2) is 4.34 Å². The molecule has 9 heteroatoms. The second-order valence-electron chi connectivity index (χ2n) is 4.07. The summed E-state index contributed by atoms with van der Waals surface area (Å²) in [7, 11) is 0. The number of anilines is 1. The van der Waals surface area contributed by atoms with E-state index < -0.39 is 5.97 Å². The molecule has 1 amide bonds. The Labute approximate surface area is 118 Å². The van der Waals surface area contributed by atoms with Crippen LogP contribution in [-0.4, -0.2) is 45.5 Å². The quantitative estimate of drug-likeness (QED) is 0.610. The summed E-state index contributed by atoms with van der Waals surface area (Å²) < 4.78 is 0.604. The maximum atomic E-state index is 11.4. The third kappa shape index (κ3) is 5.43. The van der Waals surface area contributed by atoms with Crippen LogP contribution in [0, 0.1) is 0 Å². The fraction of sp³-hybridized carbons (Fsp3) is 0.600. The van der Waals surface area contributed by atoms with Crippen molar-refractivity contribution < 1.29 is 14.7 Å². The molecular formula is C10H14N4O3S2. The standard InChI is InChI=1S/C10H14N4O3S2/c15-7(12-6-1-2-6)3-4-11-9-13-14-10(19-9)18-5-8(16)17/h6H,1-5H2,(H,11,13)(H,12,15)(H,16,17). The van der Waals surface area contributed by atoms with Crippen molar-refractivity contribution in [1.29, 1.82) is 0 Å². The molecule has 19 heavy (non-hydrogen) atoms. The van der Waals surface area contributed by atoms with E-state index in [0.717, 1.165) is 24.6 Å². The van der Waals surface area contributed by atoms with Crippen molar-refractivity contribution in [1.82, 2.24) is 15.5 Å². The van der Waals surface area contributed by atoms with Gasteiger partial charge in [-0.25, -0.2) is 0 Å². The predicted octanol–water partition coefficient (Wildman–Crippen LogP) is 0.795. The molecule has 0 radical (unpaired) electrons. The van der Waals surface area contributed by atoms with Gasteiger partial charge >= 0.3 is 5.97 Å². The minimum Gasteiger partial charge on any atom is -0.481 e. The Balaban J connectivity index is 1.64. The number of hydrogen-bond acceptors (Lipinski definition) is 7. The molecule has 0 unspecified atom stereocenters. The van der Waals surface area contributed by atoms with Gasteiger partial charge in [0.25, 0.3) is 0 Å². The Morgan fingerprint density at radius 3 is 2.89 bits per heavy atom. The largest absolute Gasteiger partial charge is 0.481 e. The molecule has 1 aromatic heterocycles. The lowest BCUT2D eigenvalue weighted by molar-refractivity contribution is -0.134. The molecule has 0 saturated heterocycles. The molecule has 1 aliphatic carbocycles. The van der Waals surface area contributed by atoms with Crippen molar-refractivity contribution in [3.05, 3.63) is 0 Å². The highest BCUT2D eigenvalue weighted by Gasteiger charge is 2.22. The number of aliphatic carboxylic acids is 1. The highest BCUT2D eigenvalue weighted by Crippen LogP contribution is 2.25. The molecule has 1 heterocycles. The summed E-state index contributed by atoms with van der Waals surface area (Å²) in [6.07, 6.45) is 2.56. The summed E-state index contributed by atoms with van der Waals surface area (Å²) in [6, 6.07) is 0.382. The third-order valence-corrected chi connectivity index (χ3v) is 4.30. The monoisotopic (exact) mass is 302 g/mol. The first-order valence-corrected chi connectivity index (χ1v) is 7.65. The second kappa shape index (κ2) is 6.71. The Bertz CT molecular complexity index is 461. The highest BCUT2D eigenvalue weighted by molar-refractivity contribution is 8.01. The van der Waals surface area contributed by atoms with Crippen LogP contribution in [0.4, 0.5) is 5.13 Å². The first kappa shape index (κ1) is 14.1. The van der Waals surface area contributed by atoms with E-state index in [4.69, 9.17) is 5.11 Å². The number of carboxylic acid groups (broad SMARTS) is 1. The minimum absolute atomic E-state index is 0.0293. The molecular weight excluding hydrogens is 288 g/mol. The lowest BCUT2D eigenvalue weighted by atomic mass is 10.4. The zero-order valence-electron chi connectivity index (χ0n) is 10.1. The number of carbonyl (C=O) groups is 2. The number of carbonyl (C=O) groups excluding carboxylic acids is 1. The molecule has 7 nitrogen and oxygen atoms in total. The number of amides is 1. The van der Waals surface area contributed by atoms with Gasteiger partial charge in [0, 0.05) is 19.0 Å². The average Bonchev–Trinajstić information content (AvgIpc) is 3.04. The molecule has 0 aromatic carbocycles. The summed E-state index contributed by atoms with van der Waals surface area (Å²) in [5, 5.41) is 22.8. The molecule has 1 aliphatic rings. The second-order valence-corrected chi connectivity index (χ2v) is 6.27. The number of thioether (sulfide) groups is 1. The summed E-state index contributed by atoms with van der Waals surface area (Å²) in [5.41, 5.74) is 0. The molecule has 0 bridgehead atoms. The number of aromatic nitrogens is 2. The number of hydrogen-bond donors (Lipinski definition) is 3. The van der Waals surface area contributed by atoms with Gasteiger partial charge in [-0.1, -0.05) is 23.1 Å². The maximum absolute atomic E-state index is 11.4. The minimum atomic E-state index is -0.883. The van der Waals surface area contributed by atoms with Gasteiger partial charge in [-0.3, -0.25) is 9.59 Å². The van der Waals surface area contributed by atoms with Gasteiger partial charge in [-0.2, -0.15) is 0 Å². The molecule has 3 N–H and O–H groups in total. The van der Waals surface area contributed by atoms with Crippen molar-refractivity contribution in [3.63, 3.8) is 0 Å². The summed E-state index contributed by atoms with van der Waals surface area (Å²) in [4.78, 5) is 21.8. The van der Waals surface area contributed by atoms with Crippen molar-refractivity contribution in [2.45, 2.75) is 29.6 Å². The van der Waals surface area contributed by atoms with Crippen molar-refractivity contribution in [2.75, 3.05) is 17.6 Å². The van der Waals surface area contributed by atoms with E-state index >= 15 is 0 Å². The van der Waals surface area contributed by atoms with E-state index in [0.29, 0.717) is 28.5 Å². The SMILES string of the molecule is O=C(O)CSc1nnc(NCCC(=O)NC2CC2)s1. The van der Waals surface area contributed by atoms with Crippen molar-refractivity contribution in [2.24, 2.45) is 0 Å². The van der Waals surface area contributed by atoms with Gasteiger partial charge in [0.1, 0.15) is 0 Å². The van der Waals surface area contributed by atoms with Crippen LogP contribution in [0.25, 0.3) is 0 Å². The highest BCUT2D eigenvalue weighted by atomic mass is 32.2. The molecule has 1 saturated carbocycles. The summed E-state index contributed by atoms with van der Waals surface area (Å²) in [5.74, 6) is -0.871.